The number of nitro benzene ring substituents is 2. The largest absolute Gasteiger partial charge is 0.748 e. The fourth-order valence-electron chi connectivity index (χ4n) is 3.05. The van der Waals surface area contributed by atoms with E-state index in [-0.39, 0.29) is 29.1 Å². The Bertz CT molecular complexity index is 1190. The first-order chi connectivity index (χ1) is 14.6. The molecule has 164 valence electrons. The molecule has 0 unspecified atom stereocenters. The molecule has 10 nitrogen and oxygen atoms in total. The minimum atomic E-state index is -3.91. The Labute approximate surface area is 178 Å². The quantitative estimate of drug-likeness (QED) is 0.244. The van der Waals surface area contributed by atoms with Crippen LogP contribution in [0.15, 0.2) is 54.7 Å². The van der Waals surface area contributed by atoms with Crippen LogP contribution in [-0.2, 0) is 23.1 Å². The fourth-order valence-corrected chi connectivity index (χ4v) is 3.05. The van der Waals surface area contributed by atoms with Crippen molar-refractivity contribution in [2.24, 2.45) is 0 Å². The van der Waals surface area contributed by atoms with Crippen molar-refractivity contribution in [2.75, 3.05) is 5.75 Å². The molecular weight excluding hydrogens is 426 g/mol. The molecule has 0 aliphatic carbocycles. The third-order valence-corrected chi connectivity index (χ3v) is 5.30. The number of aromatic nitrogens is 1. The second-order valence-electron chi connectivity index (χ2n) is 6.46. The van der Waals surface area contributed by atoms with Gasteiger partial charge in [-0.2, -0.15) is 4.57 Å². The van der Waals surface area contributed by atoms with Crippen LogP contribution in [0.5, 0.6) is 0 Å². The number of hydrogen-bond acceptors (Lipinski definition) is 7. The standard InChI is InChI=1S/C18H16N3O4.C2H6O3S/c1-2-19-11-10-13(14-6-3-4-7-16(14)19)12-15-17(20(22)23)8-5-9-18(15)21(24)25;1-2-6(3,4)5/h3-11H,2,12H2,1H3;2H2,1H3,(H,3,4,5)/q+1;/p-1. The highest BCUT2D eigenvalue weighted by Crippen LogP contribution is 2.31. The SMILES string of the molecule is CCS(=O)(=O)[O-].CC[n+]1ccc(Cc2c([N+](=O)[O-])cccc2[N+](=O)[O-])c2ccccc21. The summed E-state index contributed by atoms with van der Waals surface area (Å²) in [6, 6.07) is 13.5. The van der Waals surface area contributed by atoms with E-state index in [2.05, 4.69) is 4.57 Å². The molecule has 0 amide bonds. The van der Waals surface area contributed by atoms with E-state index in [9.17, 15) is 33.2 Å². The van der Waals surface area contributed by atoms with Gasteiger partial charge in [-0.1, -0.05) is 19.1 Å². The lowest BCUT2D eigenvalue weighted by atomic mass is 9.98. The van der Waals surface area contributed by atoms with Crippen LogP contribution in [-0.4, -0.2) is 28.6 Å². The summed E-state index contributed by atoms with van der Waals surface area (Å²) < 4.78 is 30.4. The molecule has 0 radical (unpaired) electrons. The average molecular weight is 447 g/mol. The molecule has 1 heterocycles. The molecular formula is C20H21N3O7S. The zero-order chi connectivity index (χ0) is 23.2. The molecule has 0 N–H and O–H groups in total. The second-order valence-corrected chi connectivity index (χ2v) is 8.15. The van der Waals surface area contributed by atoms with E-state index >= 15 is 0 Å². The van der Waals surface area contributed by atoms with Crippen LogP contribution in [0.3, 0.4) is 0 Å². The number of nitro groups is 2. The number of para-hydroxylation sites is 1. The minimum Gasteiger partial charge on any atom is -0.748 e. The lowest BCUT2D eigenvalue weighted by molar-refractivity contribution is -0.667. The van der Waals surface area contributed by atoms with Crippen LogP contribution in [0.2, 0.25) is 0 Å². The molecule has 1 aromatic heterocycles. The van der Waals surface area contributed by atoms with Gasteiger partial charge in [0, 0.05) is 41.8 Å². The molecule has 3 aromatic rings. The van der Waals surface area contributed by atoms with E-state index in [1.165, 1.54) is 25.1 Å². The summed E-state index contributed by atoms with van der Waals surface area (Å²) in [4.78, 5) is 21.5. The van der Waals surface area contributed by atoms with Crippen molar-refractivity contribution in [2.45, 2.75) is 26.8 Å². The van der Waals surface area contributed by atoms with Crippen molar-refractivity contribution in [3.8, 4) is 0 Å². The first kappa shape index (κ1) is 23.8. The van der Waals surface area contributed by atoms with Gasteiger partial charge in [-0.25, -0.2) is 8.42 Å². The van der Waals surface area contributed by atoms with Crippen molar-refractivity contribution in [1.29, 1.82) is 0 Å². The summed E-state index contributed by atoms with van der Waals surface area (Å²) in [6.45, 7) is 4.12. The molecule has 11 heteroatoms. The molecule has 0 fully saturated rings. The van der Waals surface area contributed by atoms with Gasteiger partial charge in [0.2, 0.25) is 5.52 Å². The third kappa shape index (κ3) is 6.03. The first-order valence-electron chi connectivity index (χ1n) is 9.33. The lowest BCUT2D eigenvalue weighted by Crippen LogP contribution is -2.32. The van der Waals surface area contributed by atoms with E-state index in [1.54, 1.807) is 0 Å². The van der Waals surface area contributed by atoms with Gasteiger partial charge in [0.25, 0.3) is 11.4 Å². The maximum atomic E-state index is 11.3. The molecule has 0 aliphatic rings. The Hall–Kier alpha value is -3.44. The van der Waals surface area contributed by atoms with Crippen molar-refractivity contribution in [1.82, 2.24) is 0 Å². The molecule has 0 aliphatic heterocycles. The fraction of sp³-hybridized carbons (Fsp3) is 0.250. The summed E-state index contributed by atoms with van der Waals surface area (Å²) in [5, 5.41) is 23.6. The summed E-state index contributed by atoms with van der Waals surface area (Å²) in [6.07, 6.45) is 2.02. The number of hydrogen-bond donors (Lipinski definition) is 0. The smallest absolute Gasteiger partial charge is 0.279 e. The molecule has 0 spiro atoms. The Morgan fingerprint density at radius 2 is 1.45 bits per heavy atom. The average Bonchev–Trinajstić information content (AvgIpc) is 2.73. The summed E-state index contributed by atoms with van der Waals surface area (Å²) in [5.41, 5.74) is 1.47. The Morgan fingerprint density at radius 3 is 1.94 bits per heavy atom. The summed E-state index contributed by atoms with van der Waals surface area (Å²) >= 11 is 0. The van der Waals surface area contributed by atoms with Crippen molar-refractivity contribution >= 4 is 32.4 Å². The molecule has 0 saturated heterocycles. The second kappa shape index (κ2) is 10.0. The highest BCUT2D eigenvalue weighted by atomic mass is 32.2. The van der Waals surface area contributed by atoms with Crippen molar-refractivity contribution < 1.29 is 27.4 Å². The van der Waals surface area contributed by atoms with Gasteiger partial charge in [-0.15, -0.1) is 0 Å². The number of aryl methyl sites for hydroxylation is 1. The predicted octanol–water partition coefficient (Wildman–Crippen LogP) is 3.11. The van der Waals surface area contributed by atoms with Gasteiger partial charge in [0.1, 0.15) is 12.1 Å². The van der Waals surface area contributed by atoms with Gasteiger partial charge in [0.05, 0.1) is 20.0 Å². The predicted molar refractivity (Wildman–Crippen MR) is 113 cm³/mol. The van der Waals surface area contributed by atoms with Crippen LogP contribution in [0.25, 0.3) is 10.9 Å². The molecule has 0 saturated carbocycles. The topological polar surface area (TPSA) is 147 Å². The summed E-state index contributed by atoms with van der Waals surface area (Å²) in [7, 11) is -3.91. The van der Waals surface area contributed by atoms with Crippen LogP contribution < -0.4 is 4.57 Å². The van der Waals surface area contributed by atoms with Gasteiger partial charge >= 0.3 is 0 Å². The summed E-state index contributed by atoms with van der Waals surface area (Å²) in [5.74, 6) is -0.312. The molecule has 0 bridgehead atoms. The van der Waals surface area contributed by atoms with E-state index in [4.69, 9.17) is 0 Å². The van der Waals surface area contributed by atoms with E-state index in [0.29, 0.717) is 0 Å². The molecule has 0 atom stereocenters. The molecule has 31 heavy (non-hydrogen) atoms. The van der Waals surface area contributed by atoms with E-state index in [0.717, 1.165) is 23.0 Å². The van der Waals surface area contributed by atoms with Crippen molar-refractivity contribution in [3.63, 3.8) is 0 Å². The van der Waals surface area contributed by atoms with Gasteiger partial charge in [-0.05, 0) is 24.6 Å². The van der Waals surface area contributed by atoms with Crippen molar-refractivity contribution in [3.05, 3.63) is 86.1 Å². The molecule has 3 rings (SSSR count). The number of pyridine rings is 1. The van der Waals surface area contributed by atoms with Crippen LogP contribution in [0.4, 0.5) is 11.4 Å². The lowest BCUT2D eigenvalue weighted by Gasteiger charge is -2.07. The number of nitrogens with zero attached hydrogens (tertiary/aromatic N) is 3. The Kier molecular flexibility index (Phi) is 7.72. The van der Waals surface area contributed by atoms with Gasteiger partial charge in [0.15, 0.2) is 6.20 Å². The zero-order valence-corrected chi connectivity index (χ0v) is 17.7. The van der Waals surface area contributed by atoms with E-state index < -0.39 is 20.0 Å². The minimum absolute atomic E-state index is 0.122. The third-order valence-electron chi connectivity index (χ3n) is 4.60. The zero-order valence-electron chi connectivity index (χ0n) is 16.9. The van der Waals surface area contributed by atoms with Gasteiger partial charge in [-0.3, -0.25) is 20.2 Å². The monoisotopic (exact) mass is 447 g/mol. The maximum absolute atomic E-state index is 11.3. The molecule has 2 aromatic carbocycles. The Balaban J connectivity index is 0.000000501. The van der Waals surface area contributed by atoms with E-state index in [1.807, 2.05) is 43.5 Å². The van der Waals surface area contributed by atoms with Gasteiger partial charge < -0.3 is 4.55 Å². The highest BCUT2D eigenvalue weighted by molar-refractivity contribution is 7.85. The maximum Gasteiger partial charge on any atom is 0.279 e. The number of fused-ring (bicyclic) bond motifs is 1. The van der Waals surface area contributed by atoms with Crippen LogP contribution in [0.1, 0.15) is 25.0 Å². The van der Waals surface area contributed by atoms with Crippen LogP contribution >= 0.6 is 0 Å². The normalized spacial score (nSPS) is 10.9. The van der Waals surface area contributed by atoms with Crippen LogP contribution in [0, 0.1) is 20.2 Å². The first-order valence-corrected chi connectivity index (χ1v) is 10.9. The Morgan fingerprint density at radius 1 is 0.903 bits per heavy atom. The number of benzene rings is 2. The highest BCUT2D eigenvalue weighted by Gasteiger charge is 2.25. The number of rotatable bonds is 6.